The molecule has 0 atom stereocenters. The second kappa shape index (κ2) is 8.12. The highest BCUT2D eigenvalue weighted by atomic mass is 32.2. The summed E-state index contributed by atoms with van der Waals surface area (Å²) in [5, 5.41) is 10.5. The average molecular weight is 423 g/mol. The number of aliphatic imine (C=N–C) groups is 1. The SMILES string of the molecule is COC(=O)C1=C(O)C(=Cc2ccc(C(F)(F)F)cc2)SC1=Nc1ccccc1F. The largest absolute Gasteiger partial charge is 0.506 e. The minimum Gasteiger partial charge on any atom is -0.506 e. The third kappa shape index (κ3) is 4.51. The summed E-state index contributed by atoms with van der Waals surface area (Å²) in [5.41, 5.74) is -0.738. The Morgan fingerprint density at radius 2 is 1.79 bits per heavy atom. The minimum atomic E-state index is -4.46. The number of esters is 1. The summed E-state index contributed by atoms with van der Waals surface area (Å²) in [4.78, 5) is 16.3. The standard InChI is InChI=1S/C20H13F4NO3S/c1-28-19(27)16-17(26)15(10-11-6-8-12(9-7-11)20(22,23)24)29-18(16)25-14-5-3-2-4-13(14)21/h2-10,26H,1H3. The number of hydrogen-bond acceptors (Lipinski definition) is 5. The van der Waals surface area contributed by atoms with Crippen LogP contribution in [0, 0.1) is 5.82 Å². The number of alkyl halides is 3. The van der Waals surface area contributed by atoms with Crippen LogP contribution in [0.3, 0.4) is 0 Å². The van der Waals surface area contributed by atoms with Gasteiger partial charge in [-0.2, -0.15) is 13.2 Å². The van der Waals surface area contributed by atoms with E-state index in [1.807, 2.05) is 0 Å². The van der Waals surface area contributed by atoms with E-state index in [9.17, 15) is 27.5 Å². The predicted molar refractivity (Wildman–Crippen MR) is 102 cm³/mol. The van der Waals surface area contributed by atoms with Crippen LogP contribution < -0.4 is 0 Å². The number of thioether (sulfide) groups is 1. The fourth-order valence-electron chi connectivity index (χ4n) is 2.46. The van der Waals surface area contributed by atoms with Crippen LogP contribution in [0.25, 0.3) is 6.08 Å². The van der Waals surface area contributed by atoms with Gasteiger partial charge in [0.15, 0.2) is 0 Å². The quantitative estimate of drug-likeness (QED) is 0.512. The van der Waals surface area contributed by atoms with Crippen molar-refractivity contribution in [3.63, 3.8) is 0 Å². The summed E-state index contributed by atoms with van der Waals surface area (Å²) in [6, 6.07) is 9.89. The third-order valence-electron chi connectivity index (χ3n) is 3.89. The average Bonchev–Trinajstić information content (AvgIpc) is 2.98. The molecule has 1 aliphatic heterocycles. The van der Waals surface area contributed by atoms with Gasteiger partial charge in [0.05, 0.1) is 17.6 Å². The van der Waals surface area contributed by atoms with Crippen molar-refractivity contribution in [2.75, 3.05) is 7.11 Å². The number of benzene rings is 2. The lowest BCUT2D eigenvalue weighted by Crippen LogP contribution is -2.10. The van der Waals surface area contributed by atoms with E-state index in [1.165, 1.54) is 36.4 Å². The molecule has 3 rings (SSSR count). The number of hydrogen-bond donors (Lipinski definition) is 1. The molecule has 1 aliphatic rings. The second-order valence-electron chi connectivity index (χ2n) is 5.81. The molecule has 0 saturated carbocycles. The Kier molecular flexibility index (Phi) is 5.78. The van der Waals surface area contributed by atoms with Gasteiger partial charge >= 0.3 is 12.1 Å². The molecule has 1 heterocycles. The van der Waals surface area contributed by atoms with E-state index in [4.69, 9.17) is 0 Å². The first-order chi connectivity index (χ1) is 13.7. The van der Waals surface area contributed by atoms with E-state index >= 15 is 0 Å². The number of carbonyl (C=O) groups excluding carboxylic acids is 1. The highest BCUT2D eigenvalue weighted by Crippen LogP contribution is 2.40. The van der Waals surface area contributed by atoms with E-state index < -0.39 is 29.3 Å². The van der Waals surface area contributed by atoms with Gasteiger partial charge in [-0.15, -0.1) is 0 Å². The normalized spacial score (nSPS) is 17.3. The minimum absolute atomic E-state index is 0.0117. The van der Waals surface area contributed by atoms with Crippen molar-refractivity contribution in [1.29, 1.82) is 0 Å². The number of methoxy groups -OCH3 is 1. The number of ether oxygens (including phenoxy) is 1. The maximum absolute atomic E-state index is 13.9. The topological polar surface area (TPSA) is 58.9 Å². The summed E-state index contributed by atoms with van der Waals surface area (Å²) >= 11 is 0.876. The van der Waals surface area contributed by atoms with E-state index in [-0.39, 0.29) is 21.2 Å². The Bertz CT molecular complexity index is 1040. The maximum atomic E-state index is 13.9. The molecule has 2 aromatic carbocycles. The molecular weight excluding hydrogens is 410 g/mol. The van der Waals surface area contributed by atoms with Crippen molar-refractivity contribution in [3.05, 3.63) is 81.7 Å². The van der Waals surface area contributed by atoms with Gasteiger partial charge in [0.2, 0.25) is 0 Å². The fourth-order valence-corrected chi connectivity index (χ4v) is 3.49. The van der Waals surface area contributed by atoms with Crippen molar-refractivity contribution in [1.82, 2.24) is 0 Å². The number of para-hydroxylation sites is 1. The van der Waals surface area contributed by atoms with Gasteiger partial charge < -0.3 is 9.84 Å². The molecule has 0 aliphatic carbocycles. The number of carbonyl (C=O) groups is 1. The molecule has 29 heavy (non-hydrogen) atoms. The van der Waals surface area contributed by atoms with Crippen molar-refractivity contribution >= 4 is 34.5 Å². The lowest BCUT2D eigenvalue weighted by atomic mass is 10.1. The summed E-state index contributed by atoms with van der Waals surface area (Å²) in [6.07, 6.45) is -3.07. The Balaban J connectivity index is 2.01. The zero-order chi connectivity index (χ0) is 21.2. The van der Waals surface area contributed by atoms with E-state index in [2.05, 4.69) is 9.73 Å². The highest BCUT2D eigenvalue weighted by molar-refractivity contribution is 8.18. The predicted octanol–water partition coefficient (Wildman–Crippen LogP) is 5.65. The van der Waals surface area contributed by atoms with Crippen LogP contribution in [0.2, 0.25) is 0 Å². The van der Waals surface area contributed by atoms with Gasteiger partial charge in [0, 0.05) is 0 Å². The molecule has 0 amide bonds. The van der Waals surface area contributed by atoms with Gasteiger partial charge in [-0.1, -0.05) is 36.0 Å². The van der Waals surface area contributed by atoms with E-state index in [0.717, 1.165) is 31.0 Å². The van der Waals surface area contributed by atoms with E-state index in [0.29, 0.717) is 5.56 Å². The van der Waals surface area contributed by atoms with Gasteiger partial charge in [0.25, 0.3) is 0 Å². The molecule has 0 aromatic heterocycles. The molecule has 0 spiro atoms. The number of halogens is 4. The van der Waals surface area contributed by atoms with Gasteiger partial charge in [0.1, 0.15) is 27.9 Å². The van der Waals surface area contributed by atoms with Crippen molar-refractivity contribution < 1.29 is 32.2 Å². The van der Waals surface area contributed by atoms with E-state index in [1.54, 1.807) is 6.07 Å². The summed E-state index contributed by atoms with van der Waals surface area (Å²) in [6.45, 7) is 0. The Morgan fingerprint density at radius 1 is 1.14 bits per heavy atom. The highest BCUT2D eigenvalue weighted by Gasteiger charge is 2.33. The van der Waals surface area contributed by atoms with Crippen LogP contribution in [-0.2, 0) is 15.7 Å². The Hall–Kier alpha value is -3.07. The molecule has 0 bridgehead atoms. The first-order valence-corrected chi connectivity index (χ1v) is 8.94. The van der Waals surface area contributed by atoms with Crippen LogP contribution in [-0.4, -0.2) is 23.2 Å². The lowest BCUT2D eigenvalue weighted by molar-refractivity contribution is -0.137. The Morgan fingerprint density at radius 3 is 2.38 bits per heavy atom. The molecule has 150 valence electrons. The van der Waals surface area contributed by atoms with Crippen molar-refractivity contribution in [2.45, 2.75) is 6.18 Å². The first kappa shape index (κ1) is 20.7. The van der Waals surface area contributed by atoms with Gasteiger partial charge in [-0.3, -0.25) is 0 Å². The fraction of sp³-hybridized carbons (Fsp3) is 0.100. The lowest BCUT2D eigenvalue weighted by Gasteiger charge is -2.06. The molecule has 9 heteroatoms. The monoisotopic (exact) mass is 423 g/mol. The van der Waals surface area contributed by atoms with Crippen molar-refractivity contribution in [3.8, 4) is 0 Å². The number of aliphatic hydroxyl groups excluding tert-OH is 1. The van der Waals surface area contributed by atoms with Crippen molar-refractivity contribution in [2.24, 2.45) is 4.99 Å². The zero-order valence-electron chi connectivity index (χ0n) is 14.8. The van der Waals surface area contributed by atoms with Gasteiger partial charge in [-0.25, -0.2) is 14.2 Å². The summed E-state index contributed by atoms with van der Waals surface area (Å²) in [7, 11) is 1.12. The zero-order valence-corrected chi connectivity index (χ0v) is 15.6. The molecule has 0 saturated heterocycles. The van der Waals surface area contributed by atoms with Crippen LogP contribution in [0.15, 0.2) is 69.8 Å². The maximum Gasteiger partial charge on any atom is 0.416 e. The molecule has 0 unspecified atom stereocenters. The number of nitrogens with zero attached hydrogens (tertiary/aromatic N) is 1. The molecular formula is C20H13F4NO3S. The van der Waals surface area contributed by atoms with Crippen LogP contribution >= 0.6 is 11.8 Å². The second-order valence-corrected chi connectivity index (χ2v) is 6.84. The smallest absolute Gasteiger partial charge is 0.416 e. The summed E-state index contributed by atoms with van der Waals surface area (Å²) in [5.74, 6) is -1.94. The third-order valence-corrected chi connectivity index (χ3v) is 4.91. The molecule has 1 N–H and O–H groups in total. The van der Waals surface area contributed by atoms with Crippen LogP contribution in [0.4, 0.5) is 23.2 Å². The number of rotatable bonds is 3. The van der Waals surface area contributed by atoms with Crippen LogP contribution in [0.5, 0.6) is 0 Å². The summed E-state index contributed by atoms with van der Waals surface area (Å²) < 4.78 is 56.6. The van der Waals surface area contributed by atoms with Gasteiger partial charge in [-0.05, 0) is 35.9 Å². The molecule has 0 fully saturated rings. The Labute approximate surface area is 167 Å². The molecule has 2 aromatic rings. The molecule has 0 radical (unpaired) electrons. The molecule has 4 nitrogen and oxygen atoms in total. The number of aliphatic hydroxyl groups is 1. The van der Waals surface area contributed by atoms with Crippen LogP contribution in [0.1, 0.15) is 11.1 Å². The first-order valence-electron chi connectivity index (χ1n) is 8.13.